The van der Waals surface area contributed by atoms with Crippen molar-refractivity contribution in [1.29, 1.82) is 0 Å². The number of rotatable bonds is 7. The van der Waals surface area contributed by atoms with Gasteiger partial charge in [-0.3, -0.25) is 0 Å². The number of carbonyl (C=O) groups excluding carboxylic acids is 2. The molecule has 0 saturated carbocycles. The summed E-state index contributed by atoms with van der Waals surface area (Å²) in [4.78, 5) is 23.6. The molecule has 3 aromatic carbocycles. The second kappa shape index (κ2) is 7.00. The molecule has 0 bridgehead atoms. The van der Waals surface area contributed by atoms with Crippen LogP contribution in [0.5, 0.6) is 0 Å². The van der Waals surface area contributed by atoms with Crippen LogP contribution in [-0.2, 0) is 14.1 Å². The van der Waals surface area contributed by atoms with Gasteiger partial charge in [-0.2, -0.15) is 0 Å². The summed E-state index contributed by atoms with van der Waals surface area (Å²) in [6.45, 7) is -3.24. The van der Waals surface area contributed by atoms with Crippen LogP contribution in [0.2, 0.25) is 0 Å². The molecule has 0 aliphatic heterocycles. The Bertz CT molecular complexity index is 735. The molecule has 0 fully saturated rings. The Morgan fingerprint density at radius 3 is 1.28 bits per heavy atom. The molecule has 0 unspecified atom stereocenters. The summed E-state index contributed by atoms with van der Waals surface area (Å²) < 4.78 is 6.03. The van der Waals surface area contributed by atoms with Crippen molar-refractivity contribution in [2.45, 2.75) is 0 Å². The van der Waals surface area contributed by atoms with Crippen molar-refractivity contribution in [2.75, 3.05) is 6.16 Å². The summed E-state index contributed by atoms with van der Waals surface area (Å²) in [6.07, 6.45) is 0.955. The Balaban J connectivity index is 2.52. The van der Waals surface area contributed by atoms with Gasteiger partial charge < -0.3 is 0 Å². The van der Waals surface area contributed by atoms with Crippen LogP contribution < -0.4 is 15.9 Å². The molecule has 25 heavy (non-hydrogen) atoms. The fraction of sp³-hybridized carbons (Fsp3) is 0.0476. The molecule has 3 aromatic rings. The third-order valence-corrected chi connectivity index (χ3v) is 10.2. The molecule has 4 heteroatoms. The molecule has 0 aromatic heterocycles. The molecule has 0 saturated heterocycles. The van der Waals surface area contributed by atoms with Gasteiger partial charge in [0.05, 0.1) is 0 Å². The monoisotopic (exact) mass is 350 g/mol. The summed E-state index contributed by atoms with van der Waals surface area (Å²) in [7, 11) is 0. The molecule has 0 N–H and O–H groups in total. The molecular formula is C21H19O3P. The van der Waals surface area contributed by atoms with Gasteiger partial charge in [0.1, 0.15) is 0 Å². The van der Waals surface area contributed by atoms with Crippen LogP contribution in [0.3, 0.4) is 0 Å². The van der Waals surface area contributed by atoms with Gasteiger partial charge in [-0.1, -0.05) is 0 Å². The molecule has 0 heterocycles. The molecule has 0 atom stereocenters. The maximum absolute atomic E-state index is 11.9. The Morgan fingerprint density at radius 2 is 1.00 bits per heavy atom. The predicted molar refractivity (Wildman–Crippen MR) is 103 cm³/mol. The number of carbonyl (C=O) groups is 2. The molecule has 0 aliphatic carbocycles. The van der Waals surface area contributed by atoms with Crippen LogP contribution in [0.25, 0.3) is 0 Å². The average molecular weight is 350 g/mol. The van der Waals surface area contributed by atoms with Gasteiger partial charge in [0.2, 0.25) is 0 Å². The Hall–Kier alpha value is -2.77. The Morgan fingerprint density at radius 1 is 0.640 bits per heavy atom. The van der Waals surface area contributed by atoms with E-state index in [-0.39, 0.29) is 6.16 Å². The first-order chi connectivity index (χ1) is 12.3. The topological polar surface area (TPSA) is 43.4 Å². The van der Waals surface area contributed by atoms with Gasteiger partial charge >= 0.3 is 147 Å². The molecule has 0 amide bonds. The van der Waals surface area contributed by atoms with Crippen molar-refractivity contribution < 1.29 is 14.1 Å². The normalized spacial score (nSPS) is 12.6. The van der Waals surface area contributed by atoms with Crippen molar-refractivity contribution >= 4 is 35.5 Å². The van der Waals surface area contributed by atoms with E-state index < -0.39 is 6.83 Å². The number of hydrogen-bond donors (Lipinski definition) is 0. The van der Waals surface area contributed by atoms with Crippen LogP contribution in [0.4, 0.5) is 0 Å². The van der Waals surface area contributed by atoms with E-state index in [2.05, 4.69) is 0 Å². The molecule has 3 nitrogen and oxygen atoms in total. The van der Waals surface area contributed by atoms with Gasteiger partial charge in [0.15, 0.2) is 0 Å². The van der Waals surface area contributed by atoms with Crippen molar-refractivity contribution in [3.8, 4) is 0 Å². The van der Waals surface area contributed by atoms with Crippen LogP contribution in [0.15, 0.2) is 91.0 Å². The van der Waals surface area contributed by atoms with Gasteiger partial charge in [0.25, 0.3) is 0 Å². The molecule has 126 valence electrons. The summed E-state index contributed by atoms with van der Waals surface area (Å²) in [5, 5.41) is 2.56. The summed E-state index contributed by atoms with van der Waals surface area (Å²) >= 11 is 0. The number of aldehydes is 1. The minimum atomic E-state index is -3.72. The van der Waals surface area contributed by atoms with E-state index in [0.717, 1.165) is 22.2 Å². The molecule has 0 aliphatic rings. The standard InChI is InChI=1S/C21H19O3P/c22-16-17-25(24-18-23,19-10-4-1-5-11-19,20-12-6-2-7-13-20)21-14-8-3-9-15-21/h1-16,18H,17H2. The van der Waals surface area contributed by atoms with Crippen molar-refractivity contribution in [3.05, 3.63) is 91.0 Å². The van der Waals surface area contributed by atoms with Crippen molar-refractivity contribution in [1.82, 2.24) is 0 Å². The second-order valence-electron chi connectivity index (χ2n) is 5.77. The first-order valence-electron chi connectivity index (χ1n) is 8.02. The van der Waals surface area contributed by atoms with Gasteiger partial charge in [-0.25, -0.2) is 0 Å². The van der Waals surface area contributed by atoms with Crippen LogP contribution in [-0.4, -0.2) is 18.9 Å². The maximum atomic E-state index is 11.9. The number of hydrogen-bond acceptors (Lipinski definition) is 3. The SMILES string of the molecule is O=CCP(OC=O)(c1ccccc1)(c1ccccc1)c1ccccc1. The van der Waals surface area contributed by atoms with E-state index in [4.69, 9.17) is 4.52 Å². The molecule has 0 radical (unpaired) electrons. The van der Waals surface area contributed by atoms with E-state index in [9.17, 15) is 9.59 Å². The van der Waals surface area contributed by atoms with E-state index in [0.29, 0.717) is 6.47 Å². The number of benzene rings is 3. The predicted octanol–water partition coefficient (Wildman–Crippen LogP) is 2.80. The summed E-state index contributed by atoms with van der Waals surface area (Å²) in [6, 6.07) is 28.8. The quantitative estimate of drug-likeness (QED) is 0.486. The minimum absolute atomic E-state index is 0.0996. The second-order valence-corrected chi connectivity index (χ2v) is 10.3. The van der Waals surface area contributed by atoms with Crippen LogP contribution in [0, 0.1) is 0 Å². The molecular weight excluding hydrogens is 331 g/mol. The average Bonchev–Trinajstić information content (AvgIpc) is 2.70. The van der Waals surface area contributed by atoms with E-state index in [1.165, 1.54) is 0 Å². The first-order valence-corrected chi connectivity index (χ1v) is 10.4. The fourth-order valence-electron chi connectivity index (χ4n) is 3.46. The molecule has 3 rings (SSSR count). The van der Waals surface area contributed by atoms with Gasteiger partial charge in [-0.15, -0.1) is 0 Å². The zero-order valence-corrected chi connectivity index (χ0v) is 14.6. The van der Waals surface area contributed by atoms with E-state index >= 15 is 0 Å². The zero-order valence-electron chi connectivity index (χ0n) is 13.7. The van der Waals surface area contributed by atoms with Gasteiger partial charge in [-0.05, 0) is 0 Å². The first kappa shape index (κ1) is 17.1. The fourth-order valence-corrected chi connectivity index (χ4v) is 8.32. The van der Waals surface area contributed by atoms with Crippen molar-refractivity contribution in [2.24, 2.45) is 0 Å². The summed E-state index contributed by atoms with van der Waals surface area (Å²) in [5.74, 6) is 0. The zero-order chi connectivity index (χ0) is 17.6. The van der Waals surface area contributed by atoms with Crippen LogP contribution >= 0.6 is 6.83 Å². The Labute approximate surface area is 147 Å². The van der Waals surface area contributed by atoms with E-state index in [1.807, 2.05) is 91.0 Å². The Kier molecular flexibility index (Phi) is 4.78. The summed E-state index contributed by atoms with van der Waals surface area (Å²) in [5.41, 5.74) is 0. The third kappa shape index (κ3) is 2.57. The van der Waals surface area contributed by atoms with Crippen molar-refractivity contribution in [3.63, 3.8) is 0 Å². The van der Waals surface area contributed by atoms with Crippen LogP contribution in [0.1, 0.15) is 0 Å². The molecule has 0 spiro atoms. The third-order valence-electron chi connectivity index (χ3n) is 4.61. The van der Waals surface area contributed by atoms with E-state index in [1.54, 1.807) is 0 Å². The van der Waals surface area contributed by atoms with Gasteiger partial charge in [0, 0.05) is 0 Å².